The molecule has 6 aromatic rings. The van der Waals surface area contributed by atoms with Crippen molar-refractivity contribution in [2.75, 3.05) is 0 Å². The number of hydrogen-bond acceptors (Lipinski definition) is 0. The zero-order valence-electron chi connectivity index (χ0n) is 20.8. The first-order valence-electron chi connectivity index (χ1n) is 13.0. The Bertz CT molecular complexity index is 1760. The minimum atomic E-state index is -1.57. The molecule has 0 N–H and O–H groups in total. The average Bonchev–Trinajstić information content (AvgIpc) is 3.54. The second kappa shape index (κ2) is 8.53. The van der Waals surface area contributed by atoms with E-state index in [1.807, 2.05) is 0 Å². The maximum absolute atomic E-state index is 3.68. The minimum Gasteiger partial charge on any atom is -0.777 e. The Kier molecular flexibility index (Phi) is 5.01. The molecule has 0 saturated heterocycles. The van der Waals surface area contributed by atoms with Crippen LogP contribution in [0, 0.1) is 6.92 Å². The van der Waals surface area contributed by atoms with E-state index in [1.165, 1.54) is 55.2 Å². The summed E-state index contributed by atoms with van der Waals surface area (Å²) < 4.78 is 3.68. The molecule has 0 saturated carbocycles. The third-order valence-electron chi connectivity index (χ3n) is 7.97. The Balaban J connectivity index is 1.67. The smallest absolute Gasteiger partial charge is 0.421 e. The maximum atomic E-state index is 3.68. The predicted octanol–water partition coefficient (Wildman–Crippen LogP) is 7.55. The number of benzene rings is 5. The van der Waals surface area contributed by atoms with Gasteiger partial charge in [0.25, 0.3) is 0 Å². The van der Waals surface area contributed by atoms with Gasteiger partial charge in [-0.25, -0.2) is 0 Å². The molecule has 0 bridgehead atoms. The molecule has 1 atom stereocenters. The van der Waals surface area contributed by atoms with Crippen molar-refractivity contribution in [2.45, 2.75) is 6.92 Å². The molecule has 7 rings (SSSR count). The third-order valence-corrected chi connectivity index (χ3v) is 7.97. The van der Waals surface area contributed by atoms with Gasteiger partial charge in [-0.05, 0) is 34.9 Å². The Morgan fingerprint density at radius 1 is 0.514 bits per heavy atom. The van der Waals surface area contributed by atoms with Gasteiger partial charge in [0.1, 0.15) is 0 Å². The summed E-state index contributed by atoms with van der Waals surface area (Å²) in [5, 5.41) is 2.51. The molecule has 1 aliphatic heterocycles. The Morgan fingerprint density at radius 3 is 1.92 bits per heavy atom. The van der Waals surface area contributed by atoms with Gasteiger partial charge in [0.15, 0.2) is 6.26 Å². The second-order valence-electron chi connectivity index (χ2n) is 10.1. The van der Waals surface area contributed by atoms with Gasteiger partial charge in [0, 0.05) is 17.7 Å². The van der Waals surface area contributed by atoms with Gasteiger partial charge in [-0.1, -0.05) is 132 Å². The molecule has 2 heteroatoms. The van der Waals surface area contributed by atoms with Crippen molar-refractivity contribution < 1.29 is 3.96 Å². The van der Waals surface area contributed by atoms with Crippen LogP contribution in [-0.4, -0.2) is 6.35 Å². The lowest BCUT2D eigenvalue weighted by Gasteiger charge is -2.39. The van der Waals surface area contributed by atoms with Crippen molar-refractivity contribution in [1.82, 2.24) is 0 Å². The van der Waals surface area contributed by atoms with Crippen molar-refractivity contribution in [3.8, 4) is 0 Å². The fourth-order valence-corrected chi connectivity index (χ4v) is 6.35. The van der Waals surface area contributed by atoms with Gasteiger partial charge in [0.05, 0.1) is 0 Å². The van der Waals surface area contributed by atoms with Gasteiger partial charge >= 0.3 is 6.35 Å². The minimum absolute atomic E-state index is 1.18. The Morgan fingerprint density at radius 2 is 1.16 bits per heavy atom. The fourth-order valence-electron chi connectivity index (χ4n) is 6.35. The maximum Gasteiger partial charge on any atom is 0.421 e. The van der Waals surface area contributed by atoms with Crippen LogP contribution in [0.5, 0.6) is 0 Å². The van der Waals surface area contributed by atoms with Crippen LogP contribution in [0.1, 0.15) is 22.5 Å². The van der Waals surface area contributed by atoms with Crippen molar-refractivity contribution in [3.05, 3.63) is 168 Å². The van der Waals surface area contributed by atoms with Crippen LogP contribution in [0.3, 0.4) is 0 Å². The molecule has 0 spiro atoms. The summed E-state index contributed by atoms with van der Waals surface area (Å²) in [6.07, 6.45) is 0.621. The molecule has 0 fully saturated rings. The van der Waals surface area contributed by atoms with E-state index < -0.39 is 6.35 Å². The number of aryl methyl sites for hydroxylation is 1. The highest BCUT2D eigenvalue weighted by Gasteiger charge is 2.52. The van der Waals surface area contributed by atoms with Gasteiger partial charge in [-0.2, -0.15) is 0 Å². The van der Waals surface area contributed by atoms with E-state index in [-0.39, 0.29) is 0 Å². The van der Waals surface area contributed by atoms with E-state index in [9.17, 15) is 0 Å². The van der Waals surface area contributed by atoms with E-state index >= 15 is 0 Å². The zero-order valence-corrected chi connectivity index (χ0v) is 20.8. The van der Waals surface area contributed by atoms with Crippen molar-refractivity contribution >= 4 is 39.1 Å². The van der Waals surface area contributed by atoms with Crippen LogP contribution in [0.25, 0.3) is 21.8 Å². The van der Waals surface area contributed by atoms with Gasteiger partial charge in [0.2, 0.25) is 5.76 Å². The van der Waals surface area contributed by atoms with Crippen LogP contribution >= 0.6 is 0 Å². The van der Waals surface area contributed by atoms with Crippen molar-refractivity contribution in [3.63, 3.8) is 0 Å². The van der Waals surface area contributed by atoms with Gasteiger partial charge in [-0.3, -0.25) is 0 Å². The highest BCUT2D eigenvalue weighted by atomic mass is 16.5. The molecule has 1 aromatic heterocycles. The van der Waals surface area contributed by atoms with Gasteiger partial charge < -0.3 is 3.96 Å². The second-order valence-corrected chi connectivity index (χ2v) is 10.1. The lowest BCUT2D eigenvalue weighted by atomic mass is 9.27. The fraction of sp³-hybridized carbons (Fsp3) is 0.0286. The lowest BCUT2D eigenvalue weighted by Crippen LogP contribution is -2.59. The first-order chi connectivity index (χ1) is 18.3. The first kappa shape index (κ1) is 21.7. The zero-order chi connectivity index (χ0) is 24.8. The lowest BCUT2D eigenvalue weighted by molar-refractivity contribution is 0.376. The molecule has 37 heavy (non-hydrogen) atoms. The molecule has 1 aliphatic rings. The normalized spacial score (nSPS) is 16.8. The summed E-state index contributed by atoms with van der Waals surface area (Å²) in [6.45, 7) is 2.16. The summed E-state index contributed by atoms with van der Waals surface area (Å²) in [5.41, 5.74) is 8.92. The molecule has 176 valence electrons. The Hall–Kier alpha value is -4.56. The van der Waals surface area contributed by atoms with E-state index in [2.05, 4.69) is 157 Å². The number of fused-ring (bicyclic) bond motifs is 2. The Labute approximate surface area is 218 Å². The molecular weight excluding hydrogens is 447 g/mol. The van der Waals surface area contributed by atoms with Crippen LogP contribution in [-0.2, 0) is 0 Å². The number of furan rings is 1. The molecule has 0 amide bonds. The van der Waals surface area contributed by atoms with Crippen LogP contribution in [0.4, 0.5) is 0 Å². The van der Waals surface area contributed by atoms with E-state index in [0.717, 1.165) is 0 Å². The van der Waals surface area contributed by atoms with Crippen molar-refractivity contribution in [2.24, 2.45) is 0 Å². The summed E-state index contributed by atoms with van der Waals surface area (Å²) in [7, 11) is 0. The monoisotopic (exact) mass is 474 g/mol. The van der Waals surface area contributed by atoms with Crippen LogP contribution in [0.15, 0.2) is 150 Å². The average molecular weight is 474 g/mol. The molecular formula is C35H27BO. The van der Waals surface area contributed by atoms with Crippen LogP contribution in [0.2, 0.25) is 0 Å². The number of hydrogen-bond donors (Lipinski definition) is 0. The quantitative estimate of drug-likeness (QED) is 0.183. The van der Waals surface area contributed by atoms with Crippen molar-refractivity contribution in [1.29, 1.82) is 0 Å². The summed E-state index contributed by atoms with van der Waals surface area (Å²) in [4.78, 5) is 0. The summed E-state index contributed by atoms with van der Waals surface area (Å²) >= 11 is 0. The highest BCUT2D eigenvalue weighted by molar-refractivity contribution is 7.13. The molecule has 1 nitrogen and oxygen atoms in total. The van der Waals surface area contributed by atoms with Gasteiger partial charge in [-0.15, -0.1) is 10.9 Å². The summed E-state index contributed by atoms with van der Waals surface area (Å²) in [5.74, 6) is 1.18. The SMILES string of the molecule is Cc1ccc([B-]2(c3ccccc3)C(c3ccc4ccccc4c3)=C(c3ccccc3)c3ccc[o+]32)cc1. The largest absolute Gasteiger partial charge is 0.777 e. The number of rotatable bonds is 4. The van der Waals surface area contributed by atoms with Crippen LogP contribution < -0.4 is 10.9 Å². The van der Waals surface area contributed by atoms with E-state index in [4.69, 9.17) is 0 Å². The highest BCUT2D eigenvalue weighted by Crippen LogP contribution is 2.49. The topological polar surface area (TPSA) is 2.70 Å². The molecule has 0 radical (unpaired) electrons. The molecule has 1 unspecified atom stereocenters. The molecule has 2 heterocycles. The predicted molar refractivity (Wildman–Crippen MR) is 158 cm³/mol. The summed E-state index contributed by atoms with van der Waals surface area (Å²) in [6, 6.07) is 50.9. The molecule has 5 aromatic carbocycles. The van der Waals surface area contributed by atoms with E-state index in [1.54, 1.807) is 0 Å². The molecule has 0 aliphatic carbocycles. The van der Waals surface area contributed by atoms with E-state index in [0.29, 0.717) is 0 Å². The standard InChI is InChI=1S/C35H27BO/c1-26-18-22-32(23-19-26)36(31-15-6-3-7-16-31)35(30-21-20-27-11-8-9-14-29(27)25-30)34(28-12-4-2-5-13-28)33-17-10-24-37(33)36/h2-25H,1H3. The first-order valence-corrected chi connectivity index (χ1v) is 13.0. The third kappa shape index (κ3) is 3.26.